The van der Waals surface area contributed by atoms with Crippen LogP contribution in [0.5, 0.6) is 0 Å². The highest BCUT2D eigenvalue weighted by Gasteiger charge is 2.53. The minimum Gasteiger partial charge on any atom is -0.378 e. The smallest absolute Gasteiger partial charge is 0.224 e. The van der Waals surface area contributed by atoms with E-state index in [1.165, 1.54) is 32.1 Å². The molecule has 0 spiro atoms. The van der Waals surface area contributed by atoms with Crippen molar-refractivity contribution in [1.29, 1.82) is 0 Å². The maximum absolute atomic E-state index is 12.1. The topological polar surface area (TPSA) is 41.6 Å². The van der Waals surface area contributed by atoms with Crippen LogP contribution in [0, 0.1) is 23.7 Å². The van der Waals surface area contributed by atoms with Crippen molar-refractivity contribution in [3.8, 4) is 0 Å². The Balaban J connectivity index is 1.22. The summed E-state index contributed by atoms with van der Waals surface area (Å²) in [5, 5.41) is 3.72. The molecule has 0 radical (unpaired) electrons. The Kier molecular flexibility index (Phi) is 3.92. The summed E-state index contributed by atoms with van der Waals surface area (Å²) in [5.74, 6) is 4.28. The van der Waals surface area contributed by atoms with E-state index in [1.54, 1.807) is 0 Å². The standard InChI is InChI=1S/C17H28N2O2/c20-17(19-6-8-21-9-7-19)4-5-18-16-11-12-10-15(16)14-3-1-2-13(12)14/h12-16,18H,1-11H2/t12-,13-,14+,15+,16-/m1/s1. The van der Waals surface area contributed by atoms with E-state index in [0.29, 0.717) is 31.6 Å². The molecule has 0 aromatic heterocycles. The molecule has 4 nitrogen and oxygen atoms in total. The first kappa shape index (κ1) is 14.0. The Morgan fingerprint density at radius 1 is 1.10 bits per heavy atom. The molecule has 2 bridgehead atoms. The lowest BCUT2D eigenvalue weighted by Gasteiger charge is -2.32. The second kappa shape index (κ2) is 5.88. The third-order valence-electron chi connectivity index (χ3n) is 6.54. The van der Waals surface area contributed by atoms with E-state index in [1.807, 2.05) is 4.90 Å². The molecule has 4 aliphatic rings. The van der Waals surface area contributed by atoms with Crippen molar-refractivity contribution in [3.05, 3.63) is 0 Å². The number of amides is 1. The summed E-state index contributed by atoms with van der Waals surface area (Å²) < 4.78 is 5.30. The minimum atomic E-state index is 0.299. The zero-order valence-electron chi connectivity index (χ0n) is 12.9. The van der Waals surface area contributed by atoms with Crippen molar-refractivity contribution in [3.63, 3.8) is 0 Å². The lowest BCUT2D eigenvalue weighted by atomic mass is 9.79. The van der Waals surface area contributed by atoms with Crippen LogP contribution in [0.4, 0.5) is 0 Å². The Hall–Kier alpha value is -0.610. The van der Waals surface area contributed by atoms with Crippen LogP contribution in [-0.2, 0) is 9.53 Å². The van der Waals surface area contributed by atoms with Crippen LogP contribution >= 0.6 is 0 Å². The SMILES string of the molecule is O=C(CCN[C@@H]1C[C@H]2C[C@H]1[C@H]1CCC[C@H]21)N1CCOCC1. The zero-order chi connectivity index (χ0) is 14.2. The van der Waals surface area contributed by atoms with Crippen molar-refractivity contribution in [1.82, 2.24) is 10.2 Å². The summed E-state index contributed by atoms with van der Waals surface area (Å²) in [5.41, 5.74) is 0. The third-order valence-corrected chi connectivity index (χ3v) is 6.54. The Bertz CT molecular complexity index is 394. The summed E-state index contributed by atoms with van der Waals surface area (Å²) in [6.45, 7) is 3.82. The molecule has 1 amide bonds. The largest absolute Gasteiger partial charge is 0.378 e. The number of fused-ring (bicyclic) bond motifs is 5. The van der Waals surface area contributed by atoms with Gasteiger partial charge >= 0.3 is 0 Å². The van der Waals surface area contributed by atoms with Crippen LogP contribution < -0.4 is 5.32 Å². The normalized spacial score (nSPS) is 41.5. The molecule has 3 aliphatic carbocycles. The molecule has 21 heavy (non-hydrogen) atoms. The molecular formula is C17H28N2O2. The van der Waals surface area contributed by atoms with Crippen molar-refractivity contribution < 1.29 is 9.53 Å². The molecule has 4 rings (SSSR count). The van der Waals surface area contributed by atoms with Gasteiger partial charge in [-0.15, -0.1) is 0 Å². The maximum atomic E-state index is 12.1. The number of ether oxygens (including phenoxy) is 1. The lowest BCUT2D eigenvalue weighted by molar-refractivity contribution is -0.135. The summed E-state index contributed by atoms with van der Waals surface area (Å²) >= 11 is 0. The number of rotatable bonds is 4. The Morgan fingerprint density at radius 3 is 2.76 bits per heavy atom. The van der Waals surface area contributed by atoms with E-state index >= 15 is 0 Å². The summed E-state index contributed by atoms with van der Waals surface area (Å²) in [7, 11) is 0. The number of hydrogen-bond donors (Lipinski definition) is 1. The van der Waals surface area contributed by atoms with Crippen molar-refractivity contribution in [2.45, 2.75) is 44.6 Å². The highest BCUT2D eigenvalue weighted by atomic mass is 16.5. The van der Waals surface area contributed by atoms with Crippen LogP contribution in [0.25, 0.3) is 0 Å². The molecular weight excluding hydrogens is 264 g/mol. The van der Waals surface area contributed by atoms with Gasteiger partial charge in [0.1, 0.15) is 0 Å². The van der Waals surface area contributed by atoms with Gasteiger partial charge in [-0.25, -0.2) is 0 Å². The zero-order valence-corrected chi connectivity index (χ0v) is 12.9. The maximum Gasteiger partial charge on any atom is 0.224 e. The first-order chi connectivity index (χ1) is 10.3. The molecule has 1 heterocycles. The molecule has 1 aliphatic heterocycles. The van der Waals surface area contributed by atoms with Gasteiger partial charge in [0, 0.05) is 32.1 Å². The second-order valence-corrected chi connectivity index (χ2v) is 7.46. The number of morpholine rings is 1. The predicted octanol–water partition coefficient (Wildman–Crippen LogP) is 1.65. The molecule has 118 valence electrons. The lowest BCUT2D eigenvalue weighted by Crippen LogP contribution is -2.44. The Labute approximate surface area is 127 Å². The average Bonchev–Trinajstić information content (AvgIpc) is 3.20. The third kappa shape index (κ3) is 2.61. The van der Waals surface area contributed by atoms with E-state index in [2.05, 4.69) is 5.32 Å². The van der Waals surface area contributed by atoms with Crippen molar-refractivity contribution in [2.75, 3.05) is 32.8 Å². The van der Waals surface area contributed by atoms with Gasteiger partial charge in [-0.2, -0.15) is 0 Å². The molecule has 4 fully saturated rings. The molecule has 1 saturated heterocycles. The quantitative estimate of drug-likeness (QED) is 0.856. The summed E-state index contributed by atoms with van der Waals surface area (Å²) in [6, 6.07) is 0.701. The number of carbonyl (C=O) groups is 1. The van der Waals surface area contributed by atoms with Gasteiger partial charge in [-0.1, -0.05) is 6.42 Å². The fraction of sp³-hybridized carbons (Fsp3) is 0.941. The van der Waals surface area contributed by atoms with E-state index in [0.717, 1.165) is 43.3 Å². The number of nitrogens with zero attached hydrogens (tertiary/aromatic N) is 1. The fourth-order valence-electron chi connectivity index (χ4n) is 5.64. The molecule has 3 saturated carbocycles. The summed E-state index contributed by atoms with van der Waals surface area (Å²) in [4.78, 5) is 14.1. The first-order valence-corrected chi connectivity index (χ1v) is 8.92. The van der Waals surface area contributed by atoms with E-state index in [9.17, 15) is 4.79 Å². The average molecular weight is 292 g/mol. The minimum absolute atomic E-state index is 0.299. The highest BCUT2D eigenvalue weighted by Crippen LogP contribution is 2.58. The number of hydrogen-bond acceptors (Lipinski definition) is 3. The van der Waals surface area contributed by atoms with Gasteiger partial charge in [0.2, 0.25) is 5.91 Å². The van der Waals surface area contributed by atoms with E-state index in [4.69, 9.17) is 4.74 Å². The Morgan fingerprint density at radius 2 is 1.90 bits per heavy atom. The molecule has 0 unspecified atom stereocenters. The predicted molar refractivity (Wildman–Crippen MR) is 80.9 cm³/mol. The first-order valence-electron chi connectivity index (χ1n) is 8.92. The van der Waals surface area contributed by atoms with Crippen molar-refractivity contribution in [2.24, 2.45) is 23.7 Å². The monoisotopic (exact) mass is 292 g/mol. The van der Waals surface area contributed by atoms with Gasteiger partial charge in [0.05, 0.1) is 13.2 Å². The molecule has 0 aromatic rings. The van der Waals surface area contributed by atoms with Crippen LogP contribution in [0.2, 0.25) is 0 Å². The van der Waals surface area contributed by atoms with Crippen LogP contribution in [0.3, 0.4) is 0 Å². The number of carbonyl (C=O) groups excluding carboxylic acids is 1. The van der Waals surface area contributed by atoms with Crippen molar-refractivity contribution >= 4 is 5.91 Å². The van der Waals surface area contributed by atoms with Gasteiger partial charge in [0.15, 0.2) is 0 Å². The fourth-order valence-corrected chi connectivity index (χ4v) is 5.64. The molecule has 4 heteroatoms. The molecule has 1 N–H and O–H groups in total. The van der Waals surface area contributed by atoms with Crippen LogP contribution in [0.1, 0.15) is 38.5 Å². The van der Waals surface area contributed by atoms with Gasteiger partial charge in [-0.3, -0.25) is 4.79 Å². The molecule has 0 aromatic carbocycles. The van der Waals surface area contributed by atoms with Gasteiger partial charge in [0.25, 0.3) is 0 Å². The van der Waals surface area contributed by atoms with Gasteiger partial charge in [-0.05, 0) is 49.4 Å². The summed E-state index contributed by atoms with van der Waals surface area (Å²) in [6.07, 6.45) is 7.92. The highest BCUT2D eigenvalue weighted by molar-refractivity contribution is 5.76. The van der Waals surface area contributed by atoms with Crippen LogP contribution in [-0.4, -0.2) is 49.7 Å². The second-order valence-electron chi connectivity index (χ2n) is 7.46. The van der Waals surface area contributed by atoms with Gasteiger partial charge < -0.3 is 15.0 Å². The number of nitrogens with one attached hydrogen (secondary N) is 1. The van der Waals surface area contributed by atoms with E-state index in [-0.39, 0.29) is 0 Å². The van der Waals surface area contributed by atoms with Crippen LogP contribution in [0.15, 0.2) is 0 Å². The molecule has 5 atom stereocenters. The van der Waals surface area contributed by atoms with E-state index < -0.39 is 0 Å².